The zero-order valence-corrected chi connectivity index (χ0v) is 6.97. The largest absolute Gasteiger partial charge is 0.478 e. The minimum atomic E-state index is -1.10. The summed E-state index contributed by atoms with van der Waals surface area (Å²) >= 11 is 0. The van der Waals surface area contributed by atoms with Gasteiger partial charge in [0, 0.05) is 11.4 Å². The number of aromatic carboxylic acids is 1. The molecule has 1 rings (SSSR count). The average molecular weight is 189 g/mol. The minimum absolute atomic E-state index is 0. The lowest BCUT2D eigenvalue weighted by Crippen LogP contribution is -2.06. The summed E-state index contributed by atoms with van der Waals surface area (Å²) in [5, 5.41) is 8.59. The molecule has 5 heteroatoms. The van der Waals surface area contributed by atoms with E-state index in [0.29, 0.717) is 0 Å². The van der Waals surface area contributed by atoms with E-state index in [4.69, 9.17) is 16.6 Å². The molecule has 66 valence electrons. The summed E-state index contributed by atoms with van der Waals surface area (Å²) in [4.78, 5) is 10.5. The lowest BCUT2D eigenvalue weighted by molar-refractivity contribution is 0.0699. The van der Waals surface area contributed by atoms with E-state index in [2.05, 4.69) is 0 Å². The van der Waals surface area contributed by atoms with Gasteiger partial charge >= 0.3 is 5.97 Å². The second-order valence-electron chi connectivity index (χ2n) is 2.12. The lowest BCUT2D eigenvalue weighted by Gasteiger charge is -2.02. The van der Waals surface area contributed by atoms with Gasteiger partial charge in [0.05, 0.1) is 0 Å². The van der Waals surface area contributed by atoms with Crippen LogP contribution in [0.5, 0.6) is 0 Å². The van der Waals surface area contributed by atoms with Crippen LogP contribution in [0.1, 0.15) is 10.4 Å². The highest BCUT2D eigenvalue weighted by Gasteiger charge is 2.10. The predicted octanol–water partition coefficient (Wildman–Crippen LogP) is 0.971. The molecule has 0 aromatic heterocycles. The number of hydrogen-bond acceptors (Lipinski definition) is 3. The molecule has 0 atom stereocenters. The Balaban J connectivity index is 0.00000121. The SMILES string of the molecule is Cl.Nc1cccc(N)c1C(=O)O. The molecule has 1 aromatic carbocycles. The molecule has 0 aliphatic rings. The Labute approximate surface area is 75.6 Å². The highest BCUT2D eigenvalue weighted by atomic mass is 35.5. The van der Waals surface area contributed by atoms with E-state index in [-0.39, 0.29) is 29.3 Å². The third-order valence-corrected chi connectivity index (χ3v) is 1.34. The fourth-order valence-corrected chi connectivity index (χ4v) is 0.836. The Kier molecular flexibility index (Phi) is 3.37. The van der Waals surface area contributed by atoms with Gasteiger partial charge in [-0.25, -0.2) is 4.79 Å². The van der Waals surface area contributed by atoms with Gasteiger partial charge in [-0.1, -0.05) is 6.07 Å². The van der Waals surface area contributed by atoms with Crippen molar-refractivity contribution in [2.75, 3.05) is 11.5 Å². The number of benzene rings is 1. The molecule has 0 unspecified atom stereocenters. The van der Waals surface area contributed by atoms with Crippen LogP contribution in [0.15, 0.2) is 18.2 Å². The number of halogens is 1. The molecule has 12 heavy (non-hydrogen) atoms. The standard InChI is InChI=1S/C7H8N2O2.ClH/c8-4-2-1-3-5(9)6(4)7(10)11;/h1-3H,8-9H2,(H,10,11);1H. The number of carbonyl (C=O) groups is 1. The second kappa shape index (κ2) is 3.82. The maximum absolute atomic E-state index is 10.5. The number of nitrogens with two attached hydrogens (primary N) is 2. The van der Waals surface area contributed by atoms with Gasteiger partial charge in [-0.3, -0.25) is 0 Å². The van der Waals surface area contributed by atoms with E-state index >= 15 is 0 Å². The van der Waals surface area contributed by atoms with Crippen LogP contribution < -0.4 is 11.5 Å². The highest BCUT2D eigenvalue weighted by Crippen LogP contribution is 2.18. The van der Waals surface area contributed by atoms with E-state index in [0.717, 1.165) is 0 Å². The van der Waals surface area contributed by atoms with E-state index in [1.54, 1.807) is 6.07 Å². The van der Waals surface area contributed by atoms with Gasteiger partial charge in [-0.2, -0.15) is 0 Å². The molecule has 0 bridgehead atoms. The van der Waals surface area contributed by atoms with Crippen LogP contribution in [0.2, 0.25) is 0 Å². The monoisotopic (exact) mass is 188 g/mol. The van der Waals surface area contributed by atoms with Crippen molar-refractivity contribution >= 4 is 29.8 Å². The van der Waals surface area contributed by atoms with Crippen LogP contribution in [-0.2, 0) is 0 Å². The van der Waals surface area contributed by atoms with Gasteiger partial charge in [0.15, 0.2) is 0 Å². The first-order valence-electron chi connectivity index (χ1n) is 3.00. The molecule has 0 fully saturated rings. The van der Waals surface area contributed by atoms with Crippen LogP contribution in [0, 0.1) is 0 Å². The van der Waals surface area contributed by atoms with Crippen molar-refractivity contribution < 1.29 is 9.90 Å². The van der Waals surface area contributed by atoms with Gasteiger partial charge in [0.1, 0.15) is 5.56 Å². The first-order chi connectivity index (χ1) is 5.13. The fourth-order valence-electron chi connectivity index (χ4n) is 0.836. The molecular formula is C7H9ClN2O2. The normalized spacial score (nSPS) is 8.67. The van der Waals surface area contributed by atoms with Crippen LogP contribution in [0.3, 0.4) is 0 Å². The Morgan fingerprint density at radius 2 is 1.67 bits per heavy atom. The molecule has 0 heterocycles. The maximum Gasteiger partial charge on any atom is 0.339 e. The average Bonchev–Trinajstić information content (AvgIpc) is 1.85. The summed E-state index contributed by atoms with van der Waals surface area (Å²) in [6.07, 6.45) is 0. The van der Waals surface area contributed by atoms with E-state index in [1.165, 1.54) is 12.1 Å². The summed E-state index contributed by atoms with van der Waals surface area (Å²) in [6, 6.07) is 4.61. The molecule has 1 aromatic rings. The minimum Gasteiger partial charge on any atom is -0.478 e. The van der Waals surface area contributed by atoms with Crippen LogP contribution in [0.4, 0.5) is 11.4 Å². The molecule has 0 saturated carbocycles. The van der Waals surface area contributed by atoms with Crippen molar-refractivity contribution in [2.45, 2.75) is 0 Å². The third-order valence-electron chi connectivity index (χ3n) is 1.34. The molecule has 5 N–H and O–H groups in total. The topological polar surface area (TPSA) is 89.3 Å². The number of carboxylic acids is 1. The summed E-state index contributed by atoms with van der Waals surface area (Å²) in [7, 11) is 0. The van der Waals surface area contributed by atoms with Crippen LogP contribution in [0.25, 0.3) is 0 Å². The first kappa shape index (κ1) is 10.6. The Morgan fingerprint density at radius 1 is 1.25 bits per heavy atom. The first-order valence-corrected chi connectivity index (χ1v) is 3.00. The fraction of sp³-hybridized carbons (Fsp3) is 0. The molecule has 0 spiro atoms. The molecule has 0 radical (unpaired) electrons. The third kappa shape index (κ3) is 1.79. The summed E-state index contributed by atoms with van der Waals surface area (Å²) < 4.78 is 0. The quantitative estimate of drug-likeness (QED) is 0.573. The van der Waals surface area contributed by atoms with Gasteiger partial charge < -0.3 is 16.6 Å². The van der Waals surface area contributed by atoms with Crippen LogP contribution in [-0.4, -0.2) is 11.1 Å². The number of rotatable bonds is 1. The lowest BCUT2D eigenvalue weighted by atomic mass is 10.1. The molecule has 0 aliphatic heterocycles. The van der Waals surface area contributed by atoms with Gasteiger partial charge in [0.25, 0.3) is 0 Å². The zero-order valence-electron chi connectivity index (χ0n) is 6.15. The summed E-state index contributed by atoms with van der Waals surface area (Å²) in [5.41, 5.74) is 11.1. The van der Waals surface area contributed by atoms with Crippen molar-refractivity contribution in [1.82, 2.24) is 0 Å². The Bertz CT molecular complexity index is 281. The Morgan fingerprint density at radius 3 is 1.92 bits per heavy atom. The van der Waals surface area contributed by atoms with E-state index in [9.17, 15) is 4.79 Å². The number of hydrogen-bond donors (Lipinski definition) is 3. The smallest absolute Gasteiger partial charge is 0.339 e. The molecular weight excluding hydrogens is 180 g/mol. The molecule has 0 aliphatic carbocycles. The molecule has 0 amide bonds. The van der Waals surface area contributed by atoms with Crippen molar-refractivity contribution in [3.05, 3.63) is 23.8 Å². The van der Waals surface area contributed by atoms with E-state index in [1.807, 2.05) is 0 Å². The van der Waals surface area contributed by atoms with Gasteiger partial charge in [-0.15, -0.1) is 12.4 Å². The van der Waals surface area contributed by atoms with Gasteiger partial charge in [-0.05, 0) is 12.1 Å². The maximum atomic E-state index is 10.5. The van der Waals surface area contributed by atoms with Gasteiger partial charge in [0.2, 0.25) is 0 Å². The van der Waals surface area contributed by atoms with Crippen molar-refractivity contribution in [3.8, 4) is 0 Å². The zero-order chi connectivity index (χ0) is 8.43. The molecule has 4 nitrogen and oxygen atoms in total. The Hall–Kier alpha value is -1.42. The molecule has 0 saturated heterocycles. The number of carboxylic acid groups (broad SMARTS) is 1. The summed E-state index contributed by atoms with van der Waals surface area (Å²) in [5.74, 6) is -1.10. The predicted molar refractivity (Wildman–Crippen MR) is 49.5 cm³/mol. The van der Waals surface area contributed by atoms with Crippen molar-refractivity contribution in [1.29, 1.82) is 0 Å². The van der Waals surface area contributed by atoms with Crippen molar-refractivity contribution in [2.24, 2.45) is 0 Å². The second-order valence-corrected chi connectivity index (χ2v) is 2.12. The number of nitrogen functional groups attached to an aromatic ring is 2. The summed E-state index contributed by atoms with van der Waals surface area (Å²) in [6.45, 7) is 0. The van der Waals surface area contributed by atoms with Crippen molar-refractivity contribution in [3.63, 3.8) is 0 Å². The van der Waals surface area contributed by atoms with E-state index < -0.39 is 5.97 Å². The highest BCUT2D eigenvalue weighted by molar-refractivity contribution is 5.99. The number of anilines is 2. The van der Waals surface area contributed by atoms with Crippen LogP contribution >= 0.6 is 12.4 Å².